The van der Waals surface area contributed by atoms with Crippen LogP contribution < -0.4 is 5.32 Å². The molecule has 0 spiro atoms. The van der Waals surface area contributed by atoms with Gasteiger partial charge in [-0.15, -0.1) is 0 Å². The number of nitrogens with zero attached hydrogens (tertiary/aromatic N) is 2. The van der Waals surface area contributed by atoms with Crippen LogP contribution in [0.3, 0.4) is 0 Å². The number of rotatable bonds is 3. The van der Waals surface area contributed by atoms with Crippen molar-refractivity contribution >= 4 is 17.3 Å². The first-order valence-corrected chi connectivity index (χ1v) is 5.74. The zero-order valence-electron chi connectivity index (χ0n) is 9.64. The van der Waals surface area contributed by atoms with Crippen LogP contribution in [0.1, 0.15) is 11.7 Å². The van der Waals surface area contributed by atoms with Gasteiger partial charge in [-0.2, -0.15) is 5.26 Å². The highest BCUT2D eigenvalue weighted by atomic mass is 35.5. The van der Waals surface area contributed by atoms with E-state index >= 15 is 0 Å². The summed E-state index contributed by atoms with van der Waals surface area (Å²) in [5.41, 5.74) is 0.661. The monoisotopic (exact) mass is 277 g/mol. The quantitative estimate of drug-likeness (QED) is 0.903. The molecule has 0 saturated heterocycles. The summed E-state index contributed by atoms with van der Waals surface area (Å²) >= 11 is 5.65. The Morgan fingerprint density at radius 2 is 2.21 bits per heavy atom. The van der Waals surface area contributed by atoms with Crippen molar-refractivity contribution in [3.63, 3.8) is 0 Å². The van der Waals surface area contributed by atoms with Gasteiger partial charge in [0, 0.05) is 11.9 Å². The predicted molar refractivity (Wildman–Crippen MR) is 69.3 cm³/mol. The minimum Gasteiger partial charge on any atom is -0.506 e. The first kappa shape index (κ1) is 13.1. The number of benzene rings is 1. The average molecular weight is 278 g/mol. The molecule has 0 amide bonds. The van der Waals surface area contributed by atoms with Gasteiger partial charge in [0.05, 0.1) is 11.1 Å². The lowest BCUT2D eigenvalue weighted by Gasteiger charge is -2.13. The fourth-order valence-corrected chi connectivity index (χ4v) is 1.73. The SMILES string of the molecule is N#CC(Nc1ccc(F)c(Cl)c1)c1ncccc1O. The maximum atomic E-state index is 13.0. The number of aromatic nitrogens is 1. The van der Waals surface area contributed by atoms with Crippen molar-refractivity contribution in [1.29, 1.82) is 5.26 Å². The molecule has 0 fully saturated rings. The van der Waals surface area contributed by atoms with Crippen LogP contribution >= 0.6 is 11.6 Å². The molecular weight excluding hydrogens is 269 g/mol. The van der Waals surface area contributed by atoms with E-state index in [1.807, 2.05) is 6.07 Å². The van der Waals surface area contributed by atoms with E-state index in [0.717, 1.165) is 0 Å². The number of halogens is 2. The van der Waals surface area contributed by atoms with Gasteiger partial charge >= 0.3 is 0 Å². The van der Waals surface area contributed by atoms with Crippen molar-refractivity contribution in [2.45, 2.75) is 6.04 Å². The molecule has 0 aliphatic heterocycles. The van der Waals surface area contributed by atoms with Gasteiger partial charge in [0.1, 0.15) is 17.3 Å². The number of hydrogen-bond acceptors (Lipinski definition) is 4. The Kier molecular flexibility index (Phi) is 3.83. The fraction of sp³-hybridized carbons (Fsp3) is 0.0769. The van der Waals surface area contributed by atoms with Crippen molar-refractivity contribution in [3.8, 4) is 11.8 Å². The Morgan fingerprint density at radius 3 is 2.84 bits per heavy atom. The summed E-state index contributed by atoms with van der Waals surface area (Å²) in [6.07, 6.45) is 1.47. The lowest BCUT2D eigenvalue weighted by atomic mass is 10.1. The van der Waals surface area contributed by atoms with Crippen LogP contribution in [0.2, 0.25) is 5.02 Å². The number of nitriles is 1. The summed E-state index contributed by atoms with van der Waals surface area (Å²) in [5, 5.41) is 21.5. The van der Waals surface area contributed by atoms with Crippen LogP contribution in [0.5, 0.6) is 5.75 Å². The Hall–Kier alpha value is -2.32. The molecule has 1 heterocycles. The van der Waals surface area contributed by atoms with Gasteiger partial charge in [-0.05, 0) is 30.3 Å². The molecule has 4 nitrogen and oxygen atoms in total. The van der Waals surface area contributed by atoms with E-state index in [-0.39, 0.29) is 16.5 Å². The third-order valence-electron chi connectivity index (χ3n) is 2.45. The zero-order valence-corrected chi connectivity index (χ0v) is 10.4. The number of hydrogen-bond donors (Lipinski definition) is 2. The van der Waals surface area contributed by atoms with E-state index in [4.69, 9.17) is 16.9 Å². The molecule has 2 aromatic rings. The highest BCUT2D eigenvalue weighted by molar-refractivity contribution is 6.31. The van der Waals surface area contributed by atoms with Gasteiger partial charge in [0.25, 0.3) is 0 Å². The van der Waals surface area contributed by atoms with Crippen molar-refractivity contribution in [2.24, 2.45) is 0 Å². The minimum absolute atomic E-state index is 0.0491. The highest BCUT2D eigenvalue weighted by Crippen LogP contribution is 2.26. The molecule has 2 rings (SSSR count). The van der Waals surface area contributed by atoms with Crippen LogP contribution in [0.25, 0.3) is 0 Å². The summed E-state index contributed by atoms with van der Waals surface area (Å²) in [6, 6.07) is 8.11. The van der Waals surface area contributed by atoms with Crippen molar-refractivity contribution < 1.29 is 9.50 Å². The van der Waals surface area contributed by atoms with Gasteiger partial charge in [-0.25, -0.2) is 4.39 Å². The van der Waals surface area contributed by atoms with Gasteiger partial charge < -0.3 is 10.4 Å². The maximum Gasteiger partial charge on any atom is 0.161 e. The van der Waals surface area contributed by atoms with Crippen LogP contribution in [0.4, 0.5) is 10.1 Å². The molecule has 19 heavy (non-hydrogen) atoms. The Balaban J connectivity index is 2.27. The van der Waals surface area contributed by atoms with Crippen LogP contribution in [-0.2, 0) is 0 Å². The van der Waals surface area contributed by atoms with Crippen molar-refractivity contribution in [1.82, 2.24) is 4.98 Å². The normalized spacial score (nSPS) is 11.6. The topological polar surface area (TPSA) is 68.9 Å². The molecule has 0 bridgehead atoms. The predicted octanol–water partition coefficient (Wildman–Crippen LogP) is 3.26. The standard InChI is InChI=1S/C13H9ClFN3O/c14-9-6-8(3-4-10(9)15)18-11(7-16)13-12(19)2-1-5-17-13/h1-6,11,18-19H. The van der Waals surface area contributed by atoms with Gasteiger partial charge in [0.2, 0.25) is 0 Å². The Labute approximate surface area is 114 Å². The maximum absolute atomic E-state index is 13.0. The van der Waals surface area contributed by atoms with Crippen LogP contribution in [-0.4, -0.2) is 10.1 Å². The van der Waals surface area contributed by atoms with E-state index in [0.29, 0.717) is 5.69 Å². The average Bonchev–Trinajstić information content (AvgIpc) is 2.41. The van der Waals surface area contributed by atoms with Crippen molar-refractivity contribution in [2.75, 3.05) is 5.32 Å². The smallest absolute Gasteiger partial charge is 0.161 e. The minimum atomic E-state index is -0.859. The van der Waals surface area contributed by atoms with Gasteiger partial charge in [-0.1, -0.05) is 11.6 Å². The molecule has 2 N–H and O–H groups in total. The van der Waals surface area contributed by atoms with Gasteiger partial charge in [0.15, 0.2) is 6.04 Å². The molecule has 1 atom stereocenters. The van der Waals surface area contributed by atoms with Crippen LogP contribution in [0, 0.1) is 17.1 Å². The molecule has 6 heteroatoms. The summed E-state index contributed by atoms with van der Waals surface area (Å²) in [6.45, 7) is 0. The third kappa shape index (κ3) is 2.92. The molecule has 0 aliphatic rings. The summed E-state index contributed by atoms with van der Waals surface area (Å²) in [5.74, 6) is -0.629. The van der Waals surface area contributed by atoms with Gasteiger partial charge in [-0.3, -0.25) is 4.98 Å². The highest BCUT2D eigenvalue weighted by Gasteiger charge is 2.16. The molecule has 0 saturated carbocycles. The lowest BCUT2D eigenvalue weighted by molar-refractivity contribution is 0.463. The number of aromatic hydroxyl groups is 1. The summed E-state index contributed by atoms with van der Waals surface area (Å²) < 4.78 is 13.0. The second-order valence-electron chi connectivity index (χ2n) is 3.74. The second kappa shape index (κ2) is 5.55. The summed E-state index contributed by atoms with van der Waals surface area (Å²) in [7, 11) is 0. The molecule has 0 radical (unpaired) electrons. The fourth-order valence-electron chi connectivity index (χ4n) is 1.55. The first-order chi connectivity index (χ1) is 9.11. The molecule has 96 valence electrons. The number of nitrogens with one attached hydrogen (secondary N) is 1. The second-order valence-corrected chi connectivity index (χ2v) is 4.15. The van der Waals surface area contributed by atoms with Crippen LogP contribution in [0.15, 0.2) is 36.5 Å². The number of anilines is 1. The van der Waals surface area contributed by atoms with E-state index in [1.165, 1.54) is 30.5 Å². The number of pyridine rings is 1. The Morgan fingerprint density at radius 1 is 1.42 bits per heavy atom. The third-order valence-corrected chi connectivity index (χ3v) is 2.74. The largest absolute Gasteiger partial charge is 0.506 e. The van der Waals surface area contributed by atoms with E-state index in [9.17, 15) is 9.50 Å². The zero-order chi connectivity index (χ0) is 13.8. The molecule has 0 aliphatic carbocycles. The van der Waals surface area contributed by atoms with E-state index in [1.54, 1.807) is 6.07 Å². The van der Waals surface area contributed by atoms with E-state index < -0.39 is 11.9 Å². The first-order valence-electron chi connectivity index (χ1n) is 5.37. The lowest BCUT2D eigenvalue weighted by Crippen LogP contribution is -2.10. The molecular formula is C13H9ClFN3O. The Bertz CT molecular complexity index is 642. The molecule has 1 aromatic heterocycles. The molecule has 1 aromatic carbocycles. The molecule has 1 unspecified atom stereocenters. The van der Waals surface area contributed by atoms with Crippen molar-refractivity contribution in [3.05, 3.63) is 53.1 Å². The summed E-state index contributed by atoms with van der Waals surface area (Å²) in [4.78, 5) is 3.94. The van der Waals surface area contributed by atoms with E-state index in [2.05, 4.69) is 10.3 Å².